The van der Waals surface area contributed by atoms with Crippen LogP contribution in [0.5, 0.6) is 0 Å². The normalized spacial score (nSPS) is 17.0. The molecule has 138 valence electrons. The van der Waals surface area contributed by atoms with Crippen LogP contribution in [0.15, 0.2) is 24.3 Å². The fourth-order valence-electron chi connectivity index (χ4n) is 2.80. The lowest BCUT2D eigenvalue weighted by Crippen LogP contribution is -2.58. The van der Waals surface area contributed by atoms with Crippen molar-refractivity contribution in [1.29, 1.82) is 0 Å². The number of nitrogens with one attached hydrogen (secondary N) is 1. The second-order valence-corrected chi connectivity index (χ2v) is 6.89. The first-order valence-corrected chi connectivity index (χ1v) is 8.77. The van der Waals surface area contributed by atoms with Gasteiger partial charge in [-0.25, -0.2) is 4.79 Å². The van der Waals surface area contributed by atoms with Crippen LogP contribution < -0.4 is 11.1 Å². The number of carbonyl (C=O) groups excluding carboxylic acids is 2. The Hall–Kier alpha value is -2.12. The van der Waals surface area contributed by atoms with Crippen molar-refractivity contribution < 1.29 is 18.8 Å². The Labute approximate surface area is 149 Å². The number of hydrogen-bond acceptors (Lipinski definition) is 4. The Morgan fingerprint density at radius 1 is 1.24 bits per heavy atom. The highest BCUT2D eigenvalue weighted by molar-refractivity contribution is 5.92. The SMILES string of the molecule is CCCNC(=O)OC[N+]1(C)CCN(Cc2ccc(C(N)=O)cc2)CC1. The van der Waals surface area contributed by atoms with Gasteiger partial charge in [-0.1, -0.05) is 19.1 Å². The monoisotopic (exact) mass is 349 g/mol. The summed E-state index contributed by atoms with van der Waals surface area (Å²) in [5, 5.41) is 2.73. The second-order valence-electron chi connectivity index (χ2n) is 6.89. The smallest absolute Gasteiger partial charge is 0.399 e. The number of amides is 2. The summed E-state index contributed by atoms with van der Waals surface area (Å²) in [6, 6.07) is 7.43. The van der Waals surface area contributed by atoms with E-state index in [0.717, 1.165) is 49.2 Å². The van der Waals surface area contributed by atoms with Gasteiger partial charge in [-0.05, 0) is 24.1 Å². The molecule has 0 aliphatic carbocycles. The summed E-state index contributed by atoms with van der Waals surface area (Å²) >= 11 is 0. The number of primary amides is 1. The predicted octanol–water partition coefficient (Wildman–Crippen LogP) is 1.14. The average Bonchev–Trinajstić information content (AvgIpc) is 2.61. The van der Waals surface area contributed by atoms with Gasteiger partial charge >= 0.3 is 6.09 Å². The number of nitrogens with two attached hydrogens (primary N) is 1. The number of likely N-dealkylation sites (N-methyl/N-ethyl adjacent to an activating group) is 1. The molecule has 1 aliphatic rings. The van der Waals surface area contributed by atoms with Gasteiger partial charge in [-0.3, -0.25) is 14.2 Å². The Balaban J connectivity index is 1.76. The molecule has 1 heterocycles. The number of piperazine rings is 1. The highest BCUT2D eigenvalue weighted by Gasteiger charge is 2.29. The number of nitrogens with zero attached hydrogens (tertiary/aromatic N) is 2. The molecule has 2 rings (SSSR count). The van der Waals surface area contributed by atoms with Crippen LogP contribution in [0, 0.1) is 0 Å². The van der Waals surface area contributed by atoms with E-state index in [0.29, 0.717) is 18.8 Å². The van der Waals surface area contributed by atoms with Crippen LogP contribution >= 0.6 is 0 Å². The quantitative estimate of drug-likeness (QED) is 0.723. The third-order valence-corrected chi connectivity index (χ3v) is 4.58. The molecule has 2 amide bonds. The van der Waals surface area contributed by atoms with Crippen LogP contribution in [-0.2, 0) is 11.3 Å². The molecule has 0 atom stereocenters. The lowest BCUT2D eigenvalue weighted by Gasteiger charge is -2.41. The zero-order valence-electron chi connectivity index (χ0n) is 15.2. The first kappa shape index (κ1) is 19.2. The van der Waals surface area contributed by atoms with Gasteiger partial charge in [0.05, 0.1) is 20.1 Å². The molecule has 0 spiro atoms. The maximum absolute atomic E-state index is 11.6. The average molecular weight is 349 g/mol. The predicted molar refractivity (Wildman–Crippen MR) is 95.8 cm³/mol. The maximum atomic E-state index is 11.6. The largest absolute Gasteiger partial charge is 0.411 e. The molecule has 1 aromatic rings. The number of hydrogen-bond donors (Lipinski definition) is 2. The van der Waals surface area contributed by atoms with Gasteiger partial charge < -0.3 is 15.8 Å². The molecule has 7 nitrogen and oxygen atoms in total. The Bertz CT molecular complexity index is 580. The maximum Gasteiger partial charge on any atom is 0.411 e. The van der Waals surface area contributed by atoms with E-state index in [2.05, 4.69) is 17.3 Å². The number of alkyl carbamates (subject to hydrolysis) is 1. The summed E-state index contributed by atoms with van der Waals surface area (Å²) in [5.74, 6) is -0.402. The van der Waals surface area contributed by atoms with E-state index < -0.39 is 5.91 Å². The summed E-state index contributed by atoms with van der Waals surface area (Å²) in [6.45, 7) is 7.64. The van der Waals surface area contributed by atoms with Crippen molar-refractivity contribution in [3.63, 3.8) is 0 Å². The first-order chi connectivity index (χ1) is 11.9. The third kappa shape index (κ3) is 6.03. The zero-order chi connectivity index (χ0) is 18.3. The van der Waals surface area contributed by atoms with Crippen LogP contribution in [-0.4, -0.2) is 67.9 Å². The molecule has 1 saturated heterocycles. The minimum atomic E-state index is -0.402. The van der Waals surface area contributed by atoms with Crippen LogP contribution in [0.2, 0.25) is 0 Å². The van der Waals surface area contributed by atoms with Crippen molar-refractivity contribution in [2.75, 3.05) is 46.5 Å². The van der Waals surface area contributed by atoms with Gasteiger partial charge in [0.15, 0.2) is 0 Å². The first-order valence-electron chi connectivity index (χ1n) is 8.77. The van der Waals surface area contributed by atoms with Crippen LogP contribution in [0.25, 0.3) is 0 Å². The van der Waals surface area contributed by atoms with Gasteiger partial charge in [0.1, 0.15) is 0 Å². The molecule has 3 N–H and O–H groups in total. The summed E-state index contributed by atoms with van der Waals surface area (Å²) < 4.78 is 6.07. The molecule has 0 saturated carbocycles. The fraction of sp³-hybridized carbons (Fsp3) is 0.556. The van der Waals surface area contributed by atoms with Crippen LogP contribution in [0.4, 0.5) is 4.79 Å². The molecule has 0 unspecified atom stereocenters. The fourth-order valence-corrected chi connectivity index (χ4v) is 2.80. The minimum absolute atomic E-state index is 0.335. The molecular formula is C18H29N4O3+. The number of benzene rings is 1. The van der Waals surface area contributed by atoms with E-state index in [9.17, 15) is 9.59 Å². The van der Waals surface area contributed by atoms with Crippen LogP contribution in [0.3, 0.4) is 0 Å². The van der Waals surface area contributed by atoms with Gasteiger partial charge in [-0.2, -0.15) is 0 Å². The molecule has 1 fully saturated rings. The summed E-state index contributed by atoms with van der Waals surface area (Å²) in [5.41, 5.74) is 6.96. The van der Waals surface area contributed by atoms with Gasteiger partial charge in [0.2, 0.25) is 12.6 Å². The number of carbonyl (C=O) groups is 2. The Morgan fingerprint density at radius 2 is 1.88 bits per heavy atom. The number of ether oxygens (including phenoxy) is 1. The molecule has 7 heteroatoms. The van der Waals surface area contributed by atoms with Crippen LogP contribution in [0.1, 0.15) is 29.3 Å². The summed E-state index contributed by atoms with van der Waals surface area (Å²) in [6.07, 6.45) is 0.564. The van der Waals surface area contributed by atoms with E-state index in [4.69, 9.17) is 10.5 Å². The van der Waals surface area contributed by atoms with E-state index in [1.165, 1.54) is 0 Å². The molecule has 1 aromatic carbocycles. The molecule has 0 bridgehead atoms. The van der Waals surface area contributed by atoms with Crippen molar-refractivity contribution in [2.45, 2.75) is 19.9 Å². The second kappa shape index (κ2) is 8.82. The van der Waals surface area contributed by atoms with E-state index in [1.54, 1.807) is 12.1 Å². The van der Waals surface area contributed by atoms with Gasteiger partial charge in [0.25, 0.3) is 0 Å². The molecule has 1 aliphatic heterocycles. The van der Waals surface area contributed by atoms with Crippen molar-refractivity contribution in [1.82, 2.24) is 10.2 Å². The van der Waals surface area contributed by atoms with Crippen molar-refractivity contribution >= 4 is 12.0 Å². The highest BCUT2D eigenvalue weighted by Crippen LogP contribution is 2.14. The van der Waals surface area contributed by atoms with Gasteiger partial charge in [0, 0.05) is 31.7 Å². The standard InChI is InChI=1S/C18H28N4O3/c1-3-8-20-18(24)25-14-22(2)11-9-21(10-12-22)13-15-4-6-16(7-5-15)17(19)23/h4-7H,3,8-14H2,1-2H3,(H2-,19,20,23,24)/p+1. The minimum Gasteiger partial charge on any atom is -0.399 e. The lowest BCUT2D eigenvalue weighted by atomic mass is 10.1. The third-order valence-electron chi connectivity index (χ3n) is 4.58. The topological polar surface area (TPSA) is 84.7 Å². The van der Waals surface area contributed by atoms with Crippen molar-refractivity contribution in [2.24, 2.45) is 5.73 Å². The van der Waals surface area contributed by atoms with E-state index in [1.807, 2.05) is 19.1 Å². The molecular weight excluding hydrogens is 320 g/mol. The highest BCUT2D eigenvalue weighted by atomic mass is 16.6. The molecule has 25 heavy (non-hydrogen) atoms. The molecule has 0 aromatic heterocycles. The zero-order valence-corrected chi connectivity index (χ0v) is 15.2. The number of rotatable bonds is 7. The molecule has 0 radical (unpaired) electrons. The summed E-state index contributed by atoms with van der Waals surface area (Å²) in [7, 11) is 2.12. The Morgan fingerprint density at radius 3 is 2.44 bits per heavy atom. The number of quaternary nitrogens is 1. The summed E-state index contributed by atoms with van der Waals surface area (Å²) in [4.78, 5) is 25.1. The van der Waals surface area contributed by atoms with Crippen molar-refractivity contribution in [3.05, 3.63) is 35.4 Å². The Kier molecular flexibility index (Phi) is 6.78. The van der Waals surface area contributed by atoms with E-state index >= 15 is 0 Å². The van der Waals surface area contributed by atoms with Crippen molar-refractivity contribution in [3.8, 4) is 0 Å². The van der Waals surface area contributed by atoms with Gasteiger partial charge in [-0.15, -0.1) is 0 Å². The lowest BCUT2D eigenvalue weighted by molar-refractivity contribution is -0.929. The van der Waals surface area contributed by atoms with E-state index in [-0.39, 0.29) is 6.09 Å².